The van der Waals surface area contributed by atoms with Gasteiger partial charge in [0, 0.05) is 18.6 Å². The molecule has 3 fully saturated rings. The number of rotatable bonds is 6. The Bertz CT molecular complexity index is 269. The molecular weight excluding hydrogens is 234 g/mol. The summed E-state index contributed by atoms with van der Waals surface area (Å²) < 4.78 is 0. The summed E-state index contributed by atoms with van der Waals surface area (Å²) in [5, 5.41) is 3.71. The average Bonchev–Trinajstić information content (AvgIpc) is 3.15. The lowest BCUT2D eigenvalue weighted by Crippen LogP contribution is -2.44. The van der Waals surface area contributed by atoms with Crippen LogP contribution in [-0.4, -0.2) is 61.2 Å². The predicted octanol–water partition coefficient (Wildman–Crippen LogP) is 1.93. The van der Waals surface area contributed by atoms with Crippen molar-refractivity contribution in [3.8, 4) is 0 Å². The summed E-state index contributed by atoms with van der Waals surface area (Å²) in [7, 11) is 0. The first-order chi connectivity index (χ1) is 9.35. The second-order valence-electron chi connectivity index (χ2n) is 6.90. The molecule has 19 heavy (non-hydrogen) atoms. The summed E-state index contributed by atoms with van der Waals surface area (Å²) in [4.78, 5) is 5.45. The molecule has 0 spiro atoms. The highest BCUT2D eigenvalue weighted by Gasteiger charge is 2.31. The molecule has 1 N–H and O–H groups in total. The van der Waals surface area contributed by atoms with Gasteiger partial charge in [-0.25, -0.2) is 0 Å². The van der Waals surface area contributed by atoms with Crippen LogP contribution in [0.15, 0.2) is 0 Å². The number of nitrogens with one attached hydrogen (secondary N) is 1. The van der Waals surface area contributed by atoms with Crippen molar-refractivity contribution in [1.29, 1.82) is 0 Å². The van der Waals surface area contributed by atoms with Crippen LogP contribution in [-0.2, 0) is 0 Å². The van der Waals surface area contributed by atoms with Gasteiger partial charge in [0.05, 0.1) is 0 Å². The third-order valence-electron chi connectivity index (χ3n) is 5.20. The molecule has 2 aliphatic heterocycles. The van der Waals surface area contributed by atoms with E-state index in [0.29, 0.717) is 0 Å². The van der Waals surface area contributed by atoms with E-state index in [1.165, 1.54) is 77.8 Å². The fourth-order valence-corrected chi connectivity index (χ4v) is 3.81. The number of nitrogens with zero attached hydrogens (tertiary/aromatic N) is 2. The largest absolute Gasteiger partial charge is 0.314 e. The molecule has 2 heterocycles. The SMILES string of the molecule is CCCN1CCC(N2CCC(CNC3CC3)C2)CC1. The topological polar surface area (TPSA) is 18.5 Å². The molecule has 3 rings (SSSR count). The van der Waals surface area contributed by atoms with Crippen molar-refractivity contribution in [3.63, 3.8) is 0 Å². The van der Waals surface area contributed by atoms with E-state index in [0.717, 1.165) is 18.0 Å². The normalized spacial score (nSPS) is 31.1. The lowest BCUT2D eigenvalue weighted by atomic mass is 10.0. The van der Waals surface area contributed by atoms with Crippen LogP contribution in [0.3, 0.4) is 0 Å². The van der Waals surface area contributed by atoms with Gasteiger partial charge in [0.2, 0.25) is 0 Å². The van der Waals surface area contributed by atoms with Gasteiger partial charge in [-0.15, -0.1) is 0 Å². The summed E-state index contributed by atoms with van der Waals surface area (Å²) in [6.45, 7) is 10.3. The van der Waals surface area contributed by atoms with E-state index in [1.54, 1.807) is 0 Å². The Hall–Kier alpha value is -0.120. The monoisotopic (exact) mass is 265 g/mol. The Morgan fingerprint density at radius 2 is 1.79 bits per heavy atom. The second kappa shape index (κ2) is 6.55. The number of likely N-dealkylation sites (tertiary alicyclic amines) is 2. The summed E-state index contributed by atoms with van der Waals surface area (Å²) in [6.07, 6.45) is 8.39. The number of hydrogen-bond donors (Lipinski definition) is 1. The first-order valence-corrected chi connectivity index (χ1v) is 8.55. The predicted molar refractivity (Wildman–Crippen MR) is 80.5 cm³/mol. The quantitative estimate of drug-likeness (QED) is 0.792. The van der Waals surface area contributed by atoms with E-state index < -0.39 is 0 Å². The summed E-state index contributed by atoms with van der Waals surface area (Å²) >= 11 is 0. The Morgan fingerprint density at radius 3 is 2.47 bits per heavy atom. The maximum absolute atomic E-state index is 3.71. The fourth-order valence-electron chi connectivity index (χ4n) is 3.81. The summed E-state index contributed by atoms with van der Waals surface area (Å²) in [5.74, 6) is 0.925. The molecule has 0 radical (unpaired) electrons. The molecule has 0 aromatic rings. The van der Waals surface area contributed by atoms with Crippen LogP contribution in [0.4, 0.5) is 0 Å². The summed E-state index contributed by atoms with van der Waals surface area (Å²) in [6, 6.07) is 1.77. The minimum atomic E-state index is 0.881. The Kier molecular flexibility index (Phi) is 4.78. The molecule has 3 nitrogen and oxygen atoms in total. The van der Waals surface area contributed by atoms with Crippen molar-refractivity contribution in [2.75, 3.05) is 39.3 Å². The Balaban J connectivity index is 1.36. The van der Waals surface area contributed by atoms with E-state index in [2.05, 4.69) is 22.0 Å². The van der Waals surface area contributed by atoms with Crippen molar-refractivity contribution in [2.45, 2.75) is 57.5 Å². The van der Waals surface area contributed by atoms with Gasteiger partial charge in [-0.3, -0.25) is 4.90 Å². The Morgan fingerprint density at radius 1 is 1.00 bits per heavy atom. The molecule has 0 aromatic carbocycles. The summed E-state index contributed by atoms with van der Waals surface area (Å²) in [5.41, 5.74) is 0. The van der Waals surface area contributed by atoms with E-state index in [1.807, 2.05) is 0 Å². The van der Waals surface area contributed by atoms with Crippen molar-refractivity contribution in [2.24, 2.45) is 5.92 Å². The van der Waals surface area contributed by atoms with Crippen molar-refractivity contribution in [1.82, 2.24) is 15.1 Å². The van der Waals surface area contributed by atoms with Gasteiger partial charge < -0.3 is 10.2 Å². The molecule has 110 valence electrons. The van der Waals surface area contributed by atoms with Gasteiger partial charge >= 0.3 is 0 Å². The molecule has 3 aliphatic rings. The highest BCUT2D eigenvalue weighted by molar-refractivity contribution is 4.88. The highest BCUT2D eigenvalue weighted by Crippen LogP contribution is 2.25. The van der Waals surface area contributed by atoms with Gasteiger partial charge in [0.25, 0.3) is 0 Å². The van der Waals surface area contributed by atoms with Gasteiger partial charge in [0.15, 0.2) is 0 Å². The highest BCUT2D eigenvalue weighted by atomic mass is 15.2. The van der Waals surface area contributed by atoms with E-state index >= 15 is 0 Å². The lowest BCUT2D eigenvalue weighted by Gasteiger charge is -2.36. The smallest absolute Gasteiger partial charge is 0.0120 e. The standard InChI is InChI=1S/C16H31N3/c1-2-8-18-9-6-16(7-10-18)19-11-5-14(13-19)12-17-15-3-4-15/h14-17H,2-13H2,1H3. The van der Waals surface area contributed by atoms with Crippen LogP contribution in [0.5, 0.6) is 0 Å². The van der Waals surface area contributed by atoms with Crippen LogP contribution in [0.2, 0.25) is 0 Å². The van der Waals surface area contributed by atoms with Gasteiger partial charge in [0.1, 0.15) is 0 Å². The molecule has 0 aromatic heterocycles. The third kappa shape index (κ3) is 3.93. The maximum atomic E-state index is 3.71. The molecule has 2 saturated heterocycles. The first kappa shape index (κ1) is 13.8. The molecule has 1 saturated carbocycles. The molecular formula is C16H31N3. The van der Waals surface area contributed by atoms with Gasteiger partial charge in [-0.2, -0.15) is 0 Å². The zero-order valence-electron chi connectivity index (χ0n) is 12.6. The van der Waals surface area contributed by atoms with Crippen LogP contribution < -0.4 is 5.32 Å². The molecule has 1 aliphatic carbocycles. The number of piperidine rings is 1. The van der Waals surface area contributed by atoms with Gasteiger partial charge in [-0.05, 0) is 77.2 Å². The van der Waals surface area contributed by atoms with Crippen LogP contribution >= 0.6 is 0 Å². The van der Waals surface area contributed by atoms with Crippen molar-refractivity contribution in [3.05, 3.63) is 0 Å². The molecule has 3 heteroatoms. The van der Waals surface area contributed by atoms with Gasteiger partial charge in [-0.1, -0.05) is 6.92 Å². The van der Waals surface area contributed by atoms with Crippen LogP contribution in [0.25, 0.3) is 0 Å². The lowest BCUT2D eigenvalue weighted by molar-refractivity contribution is 0.124. The fraction of sp³-hybridized carbons (Fsp3) is 1.00. The van der Waals surface area contributed by atoms with E-state index in [4.69, 9.17) is 0 Å². The van der Waals surface area contributed by atoms with Crippen LogP contribution in [0, 0.1) is 5.92 Å². The Labute approximate surface area is 118 Å². The average molecular weight is 265 g/mol. The zero-order chi connectivity index (χ0) is 13.1. The second-order valence-corrected chi connectivity index (χ2v) is 6.90. The zero-order valence-corrected chi connectivity index (χ0v) is 12.6. The van der Waals surface area contributed by atoms with E-state index in [9.17, 15) is 0 Å². The third-order valence-corrected chi connectivity index (χ3v) is 5.20. The number of hydrogen-bond acceptors (Lipinski definition) is 3. The molecule has 0 amide bonds. The molecule has 0 bridgehead atoms. The first-order valence-electron chi connectivity index (χ1n) is 8.55. The molecule has 1 unspecified atom stereocenters. The minimum Gasteiger partial charge on any atom is -0.314 e. The van der Waals surface area contributed by atoms with E-state index in [-0.39, 0.29) is 0 Å². The molecule has 1 atom stereocenters. The van der Waals surface area contributed by atoms with Crippen LogP contribution in [0.1, 0.15) is 45.4 Å². The van der Waals surface area contributed by atoms with Crippen molar-refractivity contribution < 1.29 is 0 Å². The minimum absolute atomic E-state index is 0.881. The maximum Gasteiger partial charge on any atom is 0.0120 e. The van der Waals surface area contributed by atoms with Crippen molar-refractivity contribution >= 4 is 0 Å².